The lowest BCUT2D eigenvalue weighted by molar-refractivity contribution is -0.127. The van der Waals surface area contributed by atoms with E-state index in [1.165, 1.54) is 0 Å². The molecule has 1 saturated heterocycles. The van der Waals surface area contributed by atoms with Gasteiger partial charge in [-0.3, -0.25) is 24.1 Å². The molecule has 170 valence electrons. The average molecular weight is 472 g/mol. The van der Waals surface area contributed by atoms with Crippen LogP contribution in [0.3, 0.4) is 0 Å². The van der Waals surface area contributed by atoms with Crippen molar-refractivity contribution in [1.29, 1.82) is 0 Å². The Labute approximate surface area is 200 Å². The lowest BCUT2D eigenvalue weighted by Crippen LogP contribution is -2.36. The Balaban J connectivity index is 1.34. The van der Waals surface area contributed by atoms with Gasteiger partial charge in [-0.05, 0) is 66.7 Å². The van der Waals surface area contributed by atoms with Crippen molar-refractivity contribution in [2.45, 2.75) is 6.92 Å². The first-order chi connectivity index (χ1) is 16.4. The third-order valence-corrected chi connectivity index (χ3v) is 5.92. The number of imide groups is 1. The largest absolute Gasteiger partial charge is 0.325 e. The van der Waals surface area contributed by atoms with E-state index in [1.807, 2.05) is 61.5 Å². The number of rotatable bonds is 6. The van der Waals surface area contributed by atoms with Crippen LogP contribution in [-0.4, -0.2) is 34.4 Å². The maximum absolute atomic E-state index is 12.6. The van der Waals surface area contributed by atoms with Gasteiger partial charge in [0.05, 0.1) is 4.91 Å². The van der Waals surface area contributed by atoms with Crippen molar-refractivity contribution >= 4 is 52.2 Å². The number of benzene rings is 3. The fourth-order valence-corrected chi connectivity index (χ4v) is 4.06. The van der Waals surface area contributed by atoms with Crippen LogP contribution in [0.15, 0.2) is 83.8 Å². The Bertz CT molecular complexity index is 1270. The molecule has 0 unspecified atom stereocenters. The first-order valence-corrected chi connectivity index (χ1v) is 11.3. The van der Waals surface area contributed by atoms with Crippen LogP contribution in [0.4, 0.5) is 16.2 Å². The van der Waals surface area contributed by atoms with E-state index >= 15 is 0 Å². The topological polar surface area (TPSA) is 95.6 Å². The Morgan fingerprint density at radius 2 is 1.47 bits per heavy atom. The summed E-state index contributed by atoms with van der Waals surface area (Å²) >= 11 is 0.806. The summed E-state index contributed by atoms with van der Waals surface area (Å²) in [5.74, 6) is -1.29. The summed E-state index contributed by atoms with van der Waals surface area (Å²) in [6.07, 6.45) is 1.63. The Hall–Kier alpha value is -4.17. The molecule has 0 saturated carbocycles. The molecular formula is C26H21N3O4S. The summed E-state index contributed by atoms with van der Waals surface area (Å²) < 4.78 is 0. The summed E-state index contributed by atoms with van der Waals surface area (Å²) in [5, 5.41) is 4.97. The summed E-state index contributed by atoms with van der Waals surface area (Å²) in [6.45, 7) is 1.57. The number of nitrogens with zero attached hydrogens (tertiary/aromatic N) is 1. The zero-order valence-electron chi connectivity index (χ0n) is 18.3. The second-order valence-electron chi connectivity index (χ2n) is 7.62. The number of carbonyl (C=O) groups is 4. The number of hydrogen-bond donors (Lipinski definition) is 2. The van der Waals surface area contributed by atoms with Crippen molar-refractivity contribution in [3.8, 4) is 0 Å². The van der Waals surface area contributed by atoms with Gasteiger partial charge in [-0.1, -0.05) is 48.0 Å². The minimum atomic E-state index is -0.514. The first-order valence-electron chi connectivity index (χ1n) is 10.5. The molecule has 7 nitrogen and oxygen atoms in total. The molecule has 2 N–H and O–H groups in total. The maximum atomic E-state index is 12.6. The molecule has 0 aliphatic carbocycles. The molecule has 3 aromatic rings. The molecule has 0 bridgehead atoms. The van der Waals surface area contributed by atoms with Crippen LogP contribution in [0.2, 0.25) is 0 Å². The van der Waals surface area contributed by atoms with Crippen LogP contribution in [0.5, 0.6) is 0 Å². The molecule has 34 heavy (non-hydrogen) atoms. The van der Waals surface area contributed by atoms with E-state index in [0.29, 0.717) is 16.9 Å². The van der Waals surface area contributed by atoms with Crippen molar-refractivity contribution in [3.63, 3.8) is 0 Å². The number of anilines is 2. The molecule has 0 atom stereocenters. The lowest BCUT2D eigenvalue weighted by Gasteiger charge is -2.12. The molecule has 1 fully saturated rings. The highest BCUT2D eigenvalue weighted by molar-refractivity contribution is 8.18. The van der Waals surface area contributed by atoms with Crippen molar-refractivity contribution < 1.29 is 19.2 Å². The lowest BCUT2D eigenvalue weighted by atomic mass is 10.1. The van der Waals surface area contributed by atoms with Gasteiger partial charge in [-0.2, -0.15) is 0 Å². The maximum Gasteiger partial charge on any atom is 0.294 e. The van der Waals surface area contributed by atoms with E-state index in [9.17, 15) is 19.2 Å². The van der Waals surface area contributed by atoms with Crippen molar-refractivity contribution in [3.05, 3.63) is 100 Å². The fourth-order valence-electron chi connectivity index (χ4n) is 3.23. The summed E-state index contributed by atoms with van der Waals surface area (Å²) in [7, 11) is 0. The Morgan fingerprint density at radius 3 is 2.15 bits per heavy atom. The summed E-state index contributed by atoms with van der Waals surface area (Å²) in [6, 6.07) is 23.0. The van der Waals surface area contributed by atoms with Gasteiger partial charge >= 0.3 is 0 Å². The van der Waals surface area contributed by atoms with Gasteiger partial charge < -0.3 is 10.6 Å². The summed E-state index contributed by atoms with van der Waals surface area (Å²) in [4.78, 5) is 50.9. The molecule has 8 heteroatoms. The van der Waals surface area contributed by atoms with Crippen LogP contribution in [0, 0.1) is 6.92 Å². The molecule has 0 aromatic heterocycles. The van der Waals surface area contributed by atoms with E-state index in [0.717, 1.165) is 27.8 Å². The van der Waals surface area contributed by atoms with E-state index in [4.69, 9.17) is 0 Å². The van der Waals surface area contributed by atoms with Crippen molar-refractivity contribution in [2.75, 3.05) is 17.2 Å². The number of amides is 4. The van der Waals surface area contributed by atoms with E-state index < -0.39 is 23.6 Å². The molecule has 3 aromatic carbocycles. The second kappa shape index (κ2) is 10.2. The fraction of sp³-hybridized carbons (Fsp3) is 0.0769. The van der Waals surface area contributed by atoms with Crippen LogP contribution in [0.1, 0.15) is 21.5 Å². The average Bonchev–Trinajstić information content (AvgIpc) is 3.09. The van der Waals surface area contributed by atoms with Gasteiger partial charge in [0.1, 0.15) is 6.54 Å². The monoisotopic (exact) mass is 471 g/mol. The highest BCUT2D eigenvalue weighted by atomic mass is 32.2. The van der Waals surface area contributed by atoms with Crippen molar-refractivity contribution in [2.24, 2.45) is 0 Å². The van der Waals surface area contributed by atoms with Gasteiger partial charge in [-0.25, -0.2) is 0 Å². The number of hydrogen-bond acceptors (Lipinski definition) is 5. The predicted molar refractivity (Wildman–Crippen MR) is 133 cm³/mol. The molecule has 1 heterocycles. The van der Waals surface area contributed by atoms with Crippen molar-refractivity contribution in [1.82, 2.24) is 4.90 Å². The van der Waals surface area contributed by atoms with Gasteiger partial charge in [0.2, 0.25) is 5.91 Å². The number of aryl methyl sites for hydroxylation is 1. The van der Waals surface area contributed by atoms with E-state index in [1.54, 1.807) is 30.3 Å². The van der Waals surface area contributed by atoms with E-state index in [-0.39, 0.29) is 10.8 Å². The molecule has 1 aliphatic heterocycles. The Morgan fingerprint density at radius 1 is 0.853 bits per heavy atom. The normalized spacial score (nSPS) is 14.4. The standard InChI is InChI=1S/C26H21N3O4S/c1-17-7-11-21(12-8-17)28-24(31)19-9-13-20(14-10-19)27-23(30)16-29-25(32)22(34-26(29)33)15-18-5-3-2-4-6-18/h2-15H,16H2,1H3,(H,27,30)(H,28,31)/b22-15+. The first kappa shape index (κ1) is 23.0. The SMILES string of the molecule is Cc1ccc(NC(=O)c2ccc(NC(=O)CN3C(=O)S/C(=C/c4ccccc4)C3=O)cc2)cc1. The van der Waals surface area contributed by atoms with Crippen LogP contribution in [0.25, 0.3) is 6.08 Å². The highest BCUT2D eigenvalue weighted by Crippen LogP contribution is 2.32. The Kier molecular flexibility index (Phi) is 6.89. The van der Waals surface area contributed by atoms with Crippen LogP contribution < -0.4 is 10.6 Å². The molecule has 1 aliphatic rings. The minimum Gasteiger partial charge on any atom is -0.325 e. The zero-order valence-corrected chi connectivity index (χ0v) is 19.1. The zero-order chi connectivity index (χ0) is 24.1. The minimum absolute atomic E-state index is 0.271. The second-order valence-corrected chi connectivity index (χ2v) is 8.62. The number of carbonyl (C=O) groups excluding carboxylic acids is 4. The smallest absolute Gasteiger partial charge is 0.294 e. The van der Waals surface area contributed by atoms with Gasteiger partial charge in [0.25, 0.3) is 17.1 Å². The third-order valence-electron chi connectivity index (χ3n) is 5.01. The molecule has 0 spiro atoms. The third kappa shape index (κ3) is 5.60. The number of nitrogens with one attached hydrogen (secondary N) is 2. The highest BCUT2D eigenvalue weighted by Gasteiger charge is 2.36. The van der Waals surface area contributed by atoms with Crippen LogP contribution in [-0.2, 0) is 9.59 Å². The molecule has 4 rings (SSSR count). The van der Waals surface area contributed by atoms with Gasteiger partial charge in [0, 0.05) is 16.9 Å². The molecule has 0 radical (unpaired) electrons. The molecular weight excluding hydrogens is 450 g/mol. The van der Waals surface area contributed by atoms with Gasteiger partial charge in [0.15, 0.2) is 0 Å². The quantitative estimate of drug-likeness (QED) is 0.498. The summed E-state index contributed by atoms with van der Waals surface area (Å²) in [5.41, 5.74) is 3.45. The number of thioether (sulfide) groups is 1. The van der Waals surface area contributed by atoms with E-state index in [2.05, 4.69) is 10.6 Å². The van der Waals surface area contributed by atoms with Gasteiger partial charge in [-0.15, -0.1) is 0 Å². The predicted octanol–water partition coefficient (Wildman–Crippen LogP) is 4.92. The van der Waals surface area contributed by atoms with Crippen LogP contribution >= 0.6 is 11.8 Å². The molecule has 4 amide bonds.